The first-order valence-electron chi connectivity index (χ1n) is 10.7. The molecule has 5 rings (SSSR count). The summed E-state index contributed by atoms with van der Waals surface area (Å²) in [6.45, 7) is 5.31. The summed E-state index contributed by atoms with van der Waals surface area (Å²) in [5.74, 6) is 0.0884. The van der Waals surface area contributed by atoms with E-state index in [4.69, 9.17) is 0 Å². The van der Waals surface area contributed by atoms with Gasteiger partial charge in [0.05, 0.1) is 0 Å². The molecule has 0 N–H and O–H groups in total. The molecule has 0 saturated carbocycles. The SMILES string of the molecule is CCn1c2ccccc2c2cc(C(=O)c3ccc(N4CCCCC4)cc3)ccc21. The quantitative estimate of drug-likeness (QED) is 0.402. The van der Waals surface area contributed by atoms with Gasteiger partial charge < -0.3 is 9.47 Å². The Kier molecular flexibility index (Phi) is 4.59. The molecular weight excluding hydrogens is 356 g/mol. The molecule has 1 aliphatic heterocycles. The van der Waals surface area contributed by atoms with Gasteiger partial charge in [-0.25, -0.2) is 0 Å². The molecule has 1 aliphatic rings. The van der Waals surface area contributed by atoms with Crippen LogP contribution in [0.4, 0.5) is 5.69 Å². The number of ketones is 1. The first-order chi connectivity index (χ1) is 14.3. The molecule has 2 heterocycles. The third-order valence-corrected chi connectivity index (χ3v) is 6.20. The van der Waals surface area contributed by atoms with Crippen LogP contribution in [0.1, 0.15) is 42.1 Å². The van der Waals surface area contributed by atoms with Crippen molar-refractivity contribution in [1.82, 2.24) is 4.57 Å². The molecule has 29 heavy (non-hydrogen) atoms. The Balaban J connectivity index is 1.50. The van der Waals surface area contributed by atoms with E-state index >= 15 is 0 Å². The lowest BCUT2D eigenvalue weighted by Crippen LogP contribution is -2.29. The Hall–Kier alpha value is -3.07. The third kappa shape index (κ3) is 3.11. The molecule has 4 aromatic rings. The lowest BCUT2D eigenvalue weighted by Gasteiger charge is -2.28. The Morgan fingerprint density at radius 3 is 2.24 bits per heavy atom. The van der Waals surface area contributed by atoms with Crippen LogP contribution in [-0.2, 0) is 6.54 Å². The van der Waals surface area contributed by atoms with E-state index in [9.17, 15) is 4.79 Å². The number of fused-ring (bicyclic) bond motifs is 3. The molecule has 1 fully saturated rings. The molecule has 146 valence electrons. The summed E-state index contributed by atoms with van der Waals surface area (Å²) >= 11 is 0. The maximum Gasteiger partial charge on any atom is 0.193 e. The Bertz CT molecular complexity index is 1180. The predicted molar refractivity (Wildman–Crippen MR) is 121 cm³/mol. The number of carbonyl (C=O) groups excluding carboxylic acids is 1. The number of carbonyl (C=O) groups is 1. The lowest BCUT2D eigenvalue weighted by molar-refractivity contribution is 0.103. The van der Waals surface area contributed by atoms with Crippen molar-refractivity contribution in [3.8, 4) is 0 Å². The minimum atomic E-state index is 0.0884. The second-order valence-corrected chi connectivity index (χ2v) is 7.92. The normalized spacial score (nSPS) is 14.6. The van der Waals surface area contributed by atoms with Crippen LogP contribution >= 0.6 is 0 Å². The number of rotatable bonds is 4. The zero-order valence-electron chi connectivity index (χ0n) is 16.9. The number of aryl methyl sites for hydroxylation is 1. The fourth-order valence-corrected chi connectivity index (χ4v) is 4.68. The molecule has 0 bridgehead atoms. The number of benzene rings is 3. The maximum absolute atomic E-state index is 13.2. The van der Waals surface area contributed by atoms with Crippen molar-refractivity contribution in [2.45, 2.75) is 32.7 Å². The zero-order chi connectivity index (χ0) is 19.8. The van der Waals surface area contributed by atoms with E-state index in [-0.39, 0.29) is 5.78 Å². The van der Waals surface area contributed by atoms with E-state index < -0.39 is 0 Å². The number of anilines is 1. The first-order valence-corrected chi connectivity index (χ1v) is 10.7. The average Bonchev–Trinajstić information content (AvgIpc) is 3.12. The van der Waals surface area contributed by atoms with E-state index in [0.717, 1.165) is 36.1 Å². The molecule has 0 radical (unpaired) electrons. The highest BCUT2D eigenvalue weighted by molar-refractivity contribution is 6.14. The summed E-state index contributed by atoms with van der Waals surface area (Å²) in [4.78, 5) is 15.6. The van der Waals surface area contributed by atoms with Gasteiger partial charge in [-0.15, -0.1) is 0 Å². The molecule has 0 unspecified atom stereocenters. The molecule has 0 aliphatic carbocycles. The summed E-state index contributed by atoms with van der Waals surface area (Å²) < 4.78 is 2.31. The van der Waals surface area contributed by atoms with Gasteiger partial charge in [0, 0.05) is 58.3 Å². The van der Waals surface area contributed by atoms with Crippen LogP contribution in [0.25, 0.3) is 21.8 Å². The van der Waals surface area contributed by atoms with E-state index in [0.29, 0.717) is 0 Å². The largest absolute Gasteiger partial charge is 0.372 e. The van der Waals surface area contributed by atoms with Gasteiger partial charge in [0.15, 0.2) is 5.78 Å². The lowest BCUT2D eigenvalue weighted by atomic mass is 10.0. The molecule has 1 aromatic heterocycles. The second-order valence-electron chi connectivity index (χ2n) is 7.92. The minimum absolute atomic E-state index is 0.0884. The van der Waals surface area contributed by atoms with Gasteiger partial charge in [-0.1, -0.05) is 18.2 Å². The summed E-state index contributed by atoms with van der Waals surface area (Å²) in [7, 11) is 0. The highest BCUT2D eigenvalue weighted by atomic mass is 16.1. The third-order valence-electron chi connectivity index (χ3n) is 6.20. The standard InChI is InChI=1S/C26H26N2O/c1-2-28-24-9-5-4-8-22(24)23-18-20(12-15-25(23)28)26(29)19-10-13-21(14-11-19)27-16-6-3-7-17-27/h4-5,8-15,18H,2-3,6-7,16-17H2,1H3. The zero-order valence-corrected chi connectivity index (χ0v) is 16.9. The Morgan fingerprint density at radius 1 is 0.793 bits per heavy atom. The van der Waals surface area contributed by atoms with Crippen LogP contribution in [0.2, 0.25) is 0 Å². The Labute approximate surface area is 171 Å². The molecule has 3 aromatic carbocycles. The number of hydrogen-bond acceptors (Lipinski definition) is 2. The number of piperidine rings is 1. The summed E-state index contributed by atoms with van der Waals surface area (Å²) in [6, 6.07) is 22.7. The fourth-order valence-electron chi connectivity index (χ4n) is 4.68. The Morgan fingerprint density at radius 2 is 1.48 bits per heavy atom. The molecule has 3 nitrogen and oxygen atoms in total. The number of nitrogens with zero attached hydrogens (tertiary/aromatic N) is 2. The summed E-state index contributed by atoms with van der Waals surface area (Å²) in [6.07, 6.45) is 3.84. The number of para-hydroxylation sites is 1. The summed E-state index contributed by atoms with van der Waals surface area (Å²) in [5.41, 5.74) is 5.14. The van der Waals surface area contributed by atoms with Crippen molar-refractivity contribution in [1.29, 1.82) is 0 Å². The smallest absolute Gasteiger partial charge is 0.193 e. The van der Waals surface area contributed by atoms with Crippen LogP contribution in [0.5, 0.6) is 0 Å². The maximum atomic E-state index is 13.2. The van der Waals surface area contributed by atoms with Crippen LogP contribution in [0.15, 0.2) is 66.7 Å². The van der Waals surface area contributed by atoms with Crippen molar-refractivity contribution in [3.05, 3.63) is 77.9 Å². The van der Waals surface area contributed by atoms with Crippen molar-refractivity contribution < 1.29 is 4.79 Å². The summed E-state index contributed by atoms with van der Waals surface area (Å²) in [5, 5.41) is 2.36. The topological polar surface area (TPSA) is 25.2 Å². The van der Waals surface area contributed by atoms with Crippen LogP contribution in [0, 0.1) is 0 Å². The monoisotopic (exact) mass is 382 g/mol. The van der Waals surface area contributed by atoms with Gasteiger partial charge in [-0.3, -0.25) is 4.79 Å². The number of hydrogen-bond donors (Lipinski definition) is 0. The van der Waals surface area contributed by atoms with Gasteiger partial charge in [-0.05, 0) is 74.7 Å². The van der Waals surface area contributed by atoms with Gasteiger partial charge >= 0.3 is 0 Å². The first kappa shape index (κ1) is 18.0. The highest BCUT2D eigenvalue weighted by Gasteiger charge is 2.15. The number of aromatic nitrogens is 1. The van der Waals surface area contributed by atoms with E-state index in [1.807, 2.05) is 18.2 Å². The molecule has 0 spiro atoms. The van der Waals surface area contributed by atoms with E-state index in [2.05, 4.69) is 64.9 Å². The molecule has 0 atom stereocenters. The molecular formula is C26H26N2O. The van der Waals surface area contributed by atoms with Crippen LogP contribution in [0.3, 0.4) is 0 Å². The van der Waals surface area contributed by atoms with Crippen molar-refractivity contribution >= 4 is 33.3 Å². The second kappa shape index (κ2) is 7.40. The fraction of sp³-hybridized carbons (Fsp3) is 0.269. The van der Waals surface area contributed by atoms with Crippen LogP contribution < -0.4 is 4.90 Å². The van der Waals surface area contributed by atoms with E-state index in [1.165, 1.54) is 41.4 Å². The van der Waals surface area contributed by atoms with Crippen molar-refractivity contribution in [3.63, 3.8) is 0 Å². The molecule has 1 saturated heterocycles. The molecule has 3 heteroatoms. The predicted octanol–water partition coefficient (Wildman–Crippen LogP) is 6.04. The van der Waals surface area contributed by atoms with Gasteiger partial charge in [0.1, 0.15) is 0 Å². The van der Waals surface area contributed by atoms with Gasteiger partial charge in [-0.2, -0.15) is 0 Å². The van der Waals surface area contributed by atoms with Gasteiger partial charge in [0.25, 0.3) is 0 Å². The average molecular weight is 383 g/mol. The van der Waals surface area contributed by atoms with Gasteiger partial charge in [0.2, 0.25) is 0 Å². The van der Waals surface area contributed by atoms with E-state index in [1.54, 1.807) is 0 Å². The highest BCUT2D eigenvalue weighted by Crippen LogP contribution is 2.30. The van der Waals surface area contributed by atoms with Crippen molar-refractivity contribution in [2.75, 3.05) is 18.0 Å². The van der Waals surface area contributed by atoms with Crippen molar-refractivity contribution in [2.24, 2.45) is 0 Å². The van der Waals surface area contributed by atoms with Crippen LogP contribution in [-0.4, -0.2) is 23.4 Å². The molecule has 0 amide bonds. The minimum Gasteiger partial charge on any atom is -0.372 e.